The Morgan fingerprint density at radius 2 is 1.61 bits per heavy atom. The molecule has 9 nitrogen and oxygen atoms in total. The summed E-state index contributed by atoms with van der Waals surface area (Å²) < 4.78 is 11.6. The third-order valence-corrected chi connectivity index (χ3v) is 10.1. The van der Waals surface area contributed by atoms with Crippen LogP contribution in [0.1, 0.15) is 29.9 Å². The van der Waals surface area contributed by atoms with Crippen LogP contribution >= 0.6 is 11.6 Å². The molecule has 1 saturated carbocycles. The van der Waals surface area contributed by atoms with E-state index in [4.69, 9.17) is 21.1 Å². The van der Waals surface area contributed by atoms with E-state index in [0.29, 0.717) is 28.3 Å². The van der Waals surface area contributed by atoms with E-state index in [1.807, 2.05) is 36.4 Å². The van der Waals surface area contributed by atoms with Crippen molar-refractivity contribution in [2.45, 2.75) is 24.2 Å². The highest BCUT2D eigenvalue weighted by atomic mass is 35.5. The topological polar surface area (TPSA) is 122 Å². The van der Waals surface area contributed by atoms with E-state index < -0.39 is 46.8 Å². The van der Waals surface area contributed by atoms with E-state index in [9.17, 15) is 19.5 Å². The lowest BCUT2D eigenvalue weighted by atomic mass is 9.49. The number of aromatic hydroxyl groups is 1. The van der Waals surface area contributed by atoms with Crippen molar-refractivity contribution in [3.8, 4) is 17.2 Å². The minimum atomic E-state index is -1.49. The normalized spacial score (nSPS) is 29.0. The third-order valence-electron chi connectivity index (χ3n) is 9.83. The molecule has 7 rings (SSSR count). The first-order chi connectivity index (χ1) is 21.2. The molecule has 2 heterocycles. The number of carbonyl (C=O) groups excluding carboxylic acids is 4. The fourth-order valence-electron chi connectivity index (χ4n) is 8.18. The van der Waals surface area contributed by atoms with Gasteiger partial charge >= 0.3 is 0 Å². The number of hydrogen-bond donors (Lipinski definition) is 2. The smallest absolute Gasteiger partial charge is 0.246 e. The number of rotatable bonds is 5. The van der Waals surface area contributed by atoms with E-state index in [1.165, 1.54) is 31.3 Å². The lowest BCUT2D eigenvalue weighted by Crippen LogP contribution is -2.53. The number of phenolic OH excluding ortho intramolecular Hbond substituents is 1. The van der Waals surface area contributed by atoms with E-state index in [-0.39, 0.29) is 35.5 Å². The van der Waals surface area contributed by atoms with Crippen LogP contribution in [0.15, 0.2) is 78.4 Å². The number of benzene rings is 3. The van der Waals surface area contributed by atoms with Gasteiger partial charge in [0.15, 0.2) is 0 Å². The third kappa shape index (κ3) is 3.78. The fourth-order valence-corrected chi connectivity index (χ4v) is 8.36. The molecule has 0 spiro atoms. The zero-order valence-corrected chi connectivity index (χ0v) is 24.7. The van der Waals surface area contributed by atoms with E-state index in [2.05, 4.69) is 5.32 Å². The summed E-state index contributed by atoms with van der Waals surface area (Å²) >= 11 is 6.34. The summed E-state index contributed by atoms with van der Waals surface area (Å²) in [4.78, 5) is 57.2. The summed E-state index contributed by atoms with van der Waals surface area (Å²) in [7, 11) is 2.91. The van der Waals surface area contributed by atoms with Crippen molar-refractivity contribution in [3.63, 3.8) is 0 Å². The maximum absolute atomic E-state index is 15.2. The molecule has 2 aliphatic heterocycles. The number of halogens is 1. The van der Waals surface area contributed by atoms with Gasteiger partial charge in [0.05, 0.1) is 43.1 Å². The number of nitrogens with one attached hydrogen (secondary N) is 1. The van der Waals surface area contributed by atoms with Crippen molar-refractivity contribution in [3.05, 3.63) is 94.5 Å². The van der Waals surface area contributed by atoms with E-state index in [0.717, 1.165) is 5.57 Å². The van der Waals surface area contributed by atoms with Gasteiger partial charge in [0, 0.05) is 28.6 Å². The Labute approximate surface area is 258 Å². The number of nitrogens with zero attached hydrogens (tertiary/aromatic N) is 1. The molecule has 0 radical (unpaired) electrons. The van der Waals surface area contributed by atoms with Crippen molar-refractivity contribution >= 4 is 40.9 Å². The minimum Gasteiger partial charge on any atom is -0.508 e. The van der Waals surface area contributed by atoms with Crippen molar-refractivity contribution in [2.75, 3.05) is 19.1 Å². The van der Waals surface area contributed by atoms with Crippen LogP contribution in [0.2, 0.25) is 5.02 Å². The molecule has 3 aromatic rings. The molecule has 4 aliphatic rings. The molecule has 44 heavy (non-hydrogen) atoms. The molecular weight excluding hydrogens is 584 g/mol. The van der Waals surface area contributed by atoms with Gasteiger partial charge < -0.3 is 14.6 Å². The van der Waals surface area contributed by atoms with Gasteiger partial charge in [0.2, 0.25) is 23.6 Å². The van der Waals surface area contributed by atoms with Crippen molar-refractivity contribution < 1.29 is 33.8 Å². The lowest BCUT2D eigenvalue weighted by molar-refractivity contribution is -0.128. The summed E-state index contributed by atoms with van der Waals surface area (Å²) in [5.74, 6) is -4.73. The zero-order valence-electron chi connectivity index (χ0n) is 24.0. The molecule has 10 heteroatoms. The number of carbonyl (C=O) groups is 4. The van der Waals surface area contributed by atoms with Gasteiger partial charge in [0.1, 0.15) is 17.2 Å². The molecular formula is C34H29ClN2O7. The Hall–Kier alpha value is -4.63. The molecule has 2 N–H and O–H groups in total. The van der Waals surface area contributed by atoms with Gasteiger partial charge in [0.25, 0.3) is 0 Å². The van der Waals surface area contributed by atoms with E-state index >= 15 is 4.79 Å². The number of methoxy groups -OCH3 is 2. The van der Waals surface area contributed by atoms with Crippen molar-refractivity contribution in [1.29, 1.82) is 0 Å². The van der Waals surface area contributed by atoms with Crippen LogP contribution in [-0.2, 0) is 24.6 Å². The molecule has 0 bridgehead atoms. The van der Waals surface area contributed by atoms with Gasteiger partial charge in [-0.15, -0.1) is 0 Å². The molecule has 2 aliphatic carbocycles. The summed E-state index contributed by atoms with van der Waals surface area (Å²) in [5.41, 5.74) is 0.682. The number of fused-ring (bicyclic) bond motifs is 4. The van der Waals surface area contributed by atoms with Gasteiger partial charge in [-0.05, 0) is 42.5 Å². The summed E-state index contributed by atoms with van der Waals surface area (Å²) in [5, 5.41) is 13.4. The monoisotopic (exact) mass is 612 g/mol. The Morgan fingerprint density at radius 3 is 2.27 bits per heavy atom. The summed E-state index contributed by atoms with van der Waals surface area (Å²) in [6.07, 6.45) is 2.41. The predicted octanol–water partition coefficient (Wildman–Crippen LogP) is 4.51. The first kappa shape index (κ1) is 28.2. The Morgan fingerprint density at radius 1 is 0.909 bits per heavy atom. The van der Waals surface area contributed by atoms with Crippen LogP contribution in [0, 0.1) is 23.7 Å². The van der Waals surface area contributed by atoms with Crippen LogP contribution in [0.25, 0.3) is 0 Å². The Balaban J connectivity index is 1.58. The lowest BCUT2D eigenvalue weighted by Gasteiger charge is -2.51. The van der Waals surface area contributed by atoms with Crippen molar-refractivity contribution in [1.82, 2.24) is 5.32 Å². The number of ether oxygens (including phenoxy) is 2. The maximum atomic E-state index is 15.2. The second-order valence-corrected chi connectivity index (χ2v) is 12.1. The van der Waals surface area contributed by atoms with Crippen LogP contribution in [0.4, 0.5) is 5.69 Å². The van der Waals surface area contributed by atoms with Crippen LogP contribution in [0.3, 0.4) is 0 Å². The molecule has 3 fully saturated rings. The van der Waals surface area contributed by atoms with Gasteiger partial charge in [-0.1, -0.05) is 59.6 Å². The highest BCUT2D eigenvalue weighted by molar-refractivity contribution is 6.32. The van der Waals surface area contributed by atoms with Gasteiger partial charge in [-0.25, -0.2) is 4.90 Å². The van der Waals surface area contributed by atoms with Crippen LogP contribution in [0.5, 0.6) is 17.2 Å². The van der Waals surface area contributed by atoms with Gasteiger partial charge in [-0.2, -0.15) is 0 Å². The second-order valence-electron chi connectivity index (χ2n) is 11.7. The molecule has 6 unspecified atom stereocenters. The SMILES string of the molecule is COc1cc(O)cc(OC)c1C1C2=CCC3C(=O)NC(=O)C3C2CC2C(=O)N(c3cccc(Cl)c3)C(=O)C21c1ccccc1. The first-order valence-electron chi connectivity index (χ1n) is 14.4. The van der Waals surface area contributed by atoms with Crippen LogP contribution < -0.4 is 19.7 Å². The fraction of sp³-hybridized carbons (Fsp3) is 0.294. The Bertz CT molecular complexity index is 1750. The highest BCUT2D eigenvalue weighted by Gasteiger charge is 2.70. The molecule has 2 saturated heterocycles. The average molecular weight is 613 g/mol. The maximum Gasteiger partial charge on any atom is 0.246 e. The standard InChI is InChI=1S/C34H29ClN2O7/c1-43-25-14-20(38)15-26(44-2)28(25)29-21-11-12-22-27(31(40)36-30(22)39)23(21)16-24-32(41)37(19-10-6-9-18(35)13-19)33(42)34(24,29)17-7-4-3-5-8-17/h3-11,13-15,22-24,27,29,38H,12,16H2,1-2H3,(H,36,39,40). The first-order valence-corrected chi connectivity index (χ1v) is 14.8. The number of anilines is 1. The highest BCUT2D eigenvalue weighted by Crippen LogP contribution is 2.66. The average Bonchev–Trinajstić information content (AvgIpc) is 3.44. The molecule has 224 valence electrons. The van der Waals surface area contributed by atoms with Crippen LogP contribution in [-0.4, -0.2) is 43.0 Å². The number of imide groups is 2. The zero-order chi connectivity index (χ0) is 30.9. The molecule has 0 aromatic heterocycles. The summed E-state index contributed by atoms with van der Waals surface area (Å²) in [6, 6.07) is 18.6. The summed E-state index contributed by atoms with van der Waals surface area (Å²) in [6.45, 7) is 0. The quantitative estimate of drug-likeness (QED) is 0.321. The largest absolute Gasteiger partial charge is 0.508 e. The number of hydrogen-bond acceptors (Lipinski definition) is 7. The molecule has 3 aromatic carbocycles. The van der Waals surface area contributed by atoms with E-state index in [1.54, 1.807) is 24.3 Å². The van der Waals surface area contributed by atoms with Gasteiger partial charge in [-0.3, -0.25) is 24.5 Å². The number of amides is 4. The minimum absolute atomic E-state index is 0.104. The van der Waals surface area contributed by atoms with Crippen molar-refractivity contribution in [2.24, 2.45) is 23.7 Å². The predicted molar refractivity (Wildman–Crippen MR) is 160 cm³/mol. The Kier molecular flexibility index (Phi) is 6.55. The number of allylic oxidation sites excluding steroid dienone is 2. The molecule has 6 atom stereocenters. The molecule has 4 amide bonds. The number of phenols is 1. The second kappa shape index (κ2) is 10.2.